The van der Waals surface area contributed by atoms with Crippen LogP contribution in [-0.4, -0.2) is 53.1 Å². The van der Waals surface area contributed by atoms with Crippen LogP contribution in [0.1, 0.15) is 19.8 Å². The third-order valence-electron chi connectivity index (χ3n) is 4.01. The molecule has 1 fully saturated rings. The standard InChI is InChI=1S/C14H23N3O5S2/c1-3-23(18,19)16-13-9-12(22-2)6-7-14(13)24(20,21)17-8-4-5-11(17)10-15/h6-7,9,11,16H,3-5,8,10,15H2,1-2H3. The maximum Gasteiger partial charge on any atom is 0.245 e. The quantitative estimate of drug-likeness (QED) is 0.717. The van der Waals surface area contributed by atoms with Gasteiger partial charge >= 0.3 is 0 Å². The first kappa shape index (κ1) is 19.0. The number of nitrogens with zero attached hydrogens (tertiary/aromatic N) is 1. The van der Waals surface area contributed by atoms with E-state index in [1.54, 1.807) is 0 Å². The molecule has 0 aliphatic carbocycles. The van der Waals surface area contributed by atoms with Gasteiger partial charge in [-0.3, -0.25) is 4.72 Å². The molecule has 0 amide bonds. The average molecular weight is 377 g/mol. The molecule has 1 heterocycles. The van der Waals surface area contributed by atoms with Crippen molar-refractivity contribution in [3.8, 4) is 5.75 Å². The summed E-state index contributed by atoms with van der Waals surface area (Å²) in [5.74, 6) is 0.193. The molecule has 1 aliphatic heterocycles. The molecular weight excluding hydrogens is 354 g/mol. The van der Waals surface area contributed by atoms with Crippen LogP contribution in [0, 0.1) is 0 Å². The van der Waals surface area contributed by atoms with Gasteiger partial charge in [0.25, 0.3) is 0 Å². The smallest absolute Gasteiger partial charge is 0.245 e. The van der Waals surface area contributed by atoms with Gasteiger partial charge in [-0.1, -0.05) is 0 Å². The van der Waals surface area contributed by atoms with E-state index in [1.807, 2.05) is 0 Å². The van der Waals surface area contributed by atoms with Crippen molar-refractivity contribution in [1.29, 1.82) is 0 Å². The predicted molar refractivity (Wildman–Crippen MR) is 92.0 cm³/mol. The molecule has 8 nitrogen and oxygen atoms in total. The van der Waals surface area contributed by atoms with Crippen molar-refractivity contribution >= 4 is 25.7 Å². The van der Waals surface area contributed by atoms with Crippen molar-refractivity contribution in [1.82, 2.24) is 4.31 Å². The topological polar surface area (TPSA) is 119 Å². The molecule has 1 unspecified atom stereocenters. The Balaban J connectivity index is 2.52. The molecule has 1 aromatic rings. The number of nitrogens with one attached hydrogen (secondary N) is 1. The Morgan fingerprint density at radius 1 is 1.33 bits per heavy atom. The third kappa shape index (κ3) is 3.82. The Bertz CT molecular complexity index is 793. The summed E-state index contributed by atoms with van der Waals surface area (Å²) >= 11 is 0. The molecule has 0 bridgehead atoms. The molecule has 1 aromatic carbocycles. The number of sulfonamides is 2. The number of hydrogen-bond donors (Lipinski definition) is 2. The van der Waals surface area contributed by atoms with E-state index in [2.05, 4.69) is 4.72 Å². The molecule has 2 rings (SSSR count). The summed E-state index contributed by atoms with van der Waals surface area (Å²) in [5.41, 5.74) is 5.65. The van der Waals surface area contributed by atoms with Crippen molar-refractivity contribution in [3.63, 3.8) is 0 Å². The summed E-state index contributed by atoms with van der Waals surface area (Å²) in [5, 5.41) is 0. The number of rotatable bonds is 7. The number of anilines is 1. The van der Waals surface area contributed by atoms with Crippen molar-refractivity contribution in [2.24, 2.45) is 5.73 Å². The van der Waals surface area contributed by atoms with Gasteiger partial charge in [0.2, 0.25) is 20.0 Å². The molecule has 0 spiro atoms. The number of ether oxygens (including phenoxy) is 1. The van der Waals surface area contributed by atoms with Crippen LogP contribution >= 0.6 is 0 Å². The van der Waals surface area contributed by atoms with Gasteiger partial charge < -0.3 is 10.5 Å². The minimum atomic E-state index is -3.87. The predicted octanol–water partition coefficient (Wildman–Crippen LogP) is 0.569. The second kappa shape index (κ2) is 7.26. The Kier molecular flexibility index (Phi) is 5.74. The van der Waals surface area contributed by atoms with Crippen LogP contribution in [-0.2, 0) is 20.0 Å². The van der Waals surface area contributed by atoms with Gasteiger partial charge in [-0.2, -0.15) is 4.31 Å². The largest absolute Gasteiger partial charge is 0.497 e. The summed E-state index contributed by atoms with van der Waals surface area (Å²) in [6, 6.07) is 3.94. The second-order valence-electron chi connectivity index (χ2n) is 5.52. The fraction of sp³-hybridized carbons (Fsp3) is 0.571. The van der Waals surface area contributed by atoms with E-state index >= 15 is 0 Å². The van der Waals surface area contributed by atoms with E-state index in [1.165, 1.54) is 36.5 Å². The van der Waals surface area contributed by atoms with Gasteiger partial charge in [0.1, 0.15) is 10.6 Å². The first-order valence-electron chi connectivity index (χ1n) is 7.65. The molecule has 24 heavy (non-hydrogen) atoms. The molecule has 10 heteroatoms. The number of nitrogens with two attached hydrogens (primary N) is 1. The van der Waals surface area contributed by atoms with E-state index < -0.39 is 20.0 Å². The SMILES string of the molecule is CCS(=O)(=O)Nc1cc(OC)ccc1S(=O)(=O)N1CCCC1CN. The highest BCUT2D eigenvalue weighted by molar-refractivity contribution is 7.93. The lowest BCUT2D eigenvalue weighted by molar-refractivity contribution is 0.393. The number of hydrogen-bond acceptors (Lipinski definition) is 6. The van der Waals surface area contributed by atoms with Gasteiger partial charge in [0.05, 0.1) is 18.6 Å². The maximum atomic E-state index is 13.0. The van der Waals surface area contributed by atoms with E-state index in [9.17, 15) is 16.8 Å². The minimum Gasteiger partial charge on any atom is -0.497 e. The first-order chi connectivity index (χ1) is 11.2. The highest BCUT2D eigenvalue weighted by atomic mass is 32.2. The Morgan fingerprint density at radius 2 is 2.04 bits per heavy atom. The monoisotopic (exact) mass is 377 g/mol. The molecule has 136 valence electrons. The number of methoxy groups -OCH3 is 1. The summed E-state index contributed by atoms with van der Waals surface area (Å²) in [6.07, 6.45) is 1.43. The van der Waals surface area contributed by atoms with E-state index in [0.29, 0.717) is 18.7 Å². The average Bonchev–Trinajstić information content (AvgIpc) is 3.03. The summed E-state index contributed by atoms with van der Waals surface area (Å²) in [6.45, 7) is 2.07. The van der Waals surface area contributed by atoms with Gasteiger partial charge in [-0.05, 0) is 31.9 Å². The molecule has 3 N–H and O–H groups in total. The molecule has 0 aromatic heterocycles. The zero-order chi connectivity index (χ0) is 18.0. The van der Waals surface area contributed by atoms with Gasteiger partial charge in [0.15, 0.2) is 0 Å². The van der Waals surface area contributed by atoms with Crippen LogP contribution < -0.4 is 15.2 Å². The van der Waals surface area contributed by atoms with Crippen LogP contribution in [0.3, 0.4) is 0 Å². The highest BCUT2D eigenvalue weighted by Gasteiger charge is 2.36. The van der Waals surface area contributed by atoms with Crippen molar-refractivity contribution in [3.05, 3.63) is 18.2 Å². The highest BCUT2D eigenvalue weighted by Crippen LogP contribution is 2.33. The van der Waals surface area contributed by atoms with E-state index in [0.717, 1.165) is 6.42 Å². The Labute approximate surface area is 143 Å². The molecule has 1 saturated heterocycles. The van der Waals surface area contributed by atoms with Crippen LogP contribution in [0.4, 0.5) is 5.69 Å². The molecule has 0 saturated carbocycles. The van der Waals surface area contributed by atoms with E-state index in [4.69, 9.17) is 10.5 Å². The lowest BCUT2D eigenvalue weighted by Gasteiger charge is -2.24. The van der Waals surface area contributed by atoms with Crippen molar-refractivity contribution in [2.75, 3.05) is 30.7 Å². The summed E-state index contributed by atoms with van der Waals surface area (Å²) < 4.78 is 58.6. The zero-order valence-electron chi connectivity index (χ0n) is 13.7. The van der Waals surface area contributed by atoms with Crippen LogP contribution in [0.5, 0.6) is 5.75 Å². The van der Waals surface area contributed by atoms with Gasteiger partial charge in [-0.25, -0.2) is 16.8 Å². The Hall–Kier alpha value is -1.36. The summed E-state index contributed by atoms with van der Waals surface area (Å²) in [4.78, 5) is -0.0966. The molecule has 1 aliphatic rings. The van der Waals surface area contributed by atoms with Crippen molar-refractivity contribution in [2.45, 2.75) is 30.7 Å². The third-order valence-corrected chi connectivity index (χ3v) is 7.32. The Morgan fingerprint density at radius 3 is 2.62 bits per heavy atom. The molecular formula is C14H23N3O5S2. The lowest BCUT2D eigenvalue weighted by Crippen LogP contribution is -2.40. The van der Waals surface area contributed by atoms with Gasteiger partial charge in [-0.15, -0.1) is 0 Å². The van der Waals surface area contributed by atoms with Crippen molar-refractivity contribution < 1.29 is 21.6 Å². The van der Waals surface area contributed by atoms with Crippen LogP contribution in [0.15, 0.2) is 23.1 Å². The van der Waals surface area contributed by atoms with Gasteiger partial charge in [0, 0.05) is 25.2 Å². The minimum absolute atomic E-state index is 0.0149. The maximum absolute atomic E-state index is 13.0. The van der Waals surface area contributed by atoms with E-state index in [-0.39, 0.29) is 28.9 Å². The second-order valence-corrected chi connectivity index (χ2v) is 9.39. The zero-order valence-corrected chi connectivity index (χ0v) is 15.4. The van der Waals surface area contributed by atoms with Crippen LogP contribution in [0.25, 0.3) is 0 Å². The fourth-order valence-corrected chi connectivity index (χ4v) is 5.21. The summed E-state index contributed by atoms with van der Waals surface area (Å²) in [7, 11) is -6.08. The first-order valence-corrected chi connectivity index (χ1v) is 10.7. The lowest BCUT2D eigenvalue weighted by atomic mass is 10.2. The fourth-order valence-electron chi connectivity index (χ4n) is 2.67. The normalized spacial score (nSPS) is 19.4. The number of benzene rings is 1. The van der Waals surface area contributed by atoms with Crippen LogP contribution in [0.2, 0.25) is 0 Å². The molecule has 0 radical (unpaired) electrons. The molecule has 1 atom stereocenters.